The van der Waals surface area contributed by atoms with Crippen LogP contribution >= 0.6 is 11.3 Å². The zero-order chi connectivity index (χ0) is 14.7. The highest BCUT2D eigenvalue weighted by Crippen LogP contribution is 2.29. The molecular weight excluding hydrogens is 274 g/mol. The van der Waals surface area contributed by atoms with E-state index >= 15 is 0 Å². The summed E-state index contributed by atoms with van der Waals surface area (Å²) in [6, 6.07) is 1.61. The molecule has 1 aromatic rings. The van der Waals surface area contributed by atoms with Crippen LogP contribution in [0.2, 0.25) is 0 Å². The molecule has 0 aliphatic heterocycles. The number of aliphatic carboxylic acids is 1. The van der Waals surface area contributed by atoms with Crippen molar-refractivity contribution < 1.29 is 14.7 Å². The summed E-state index contributed by atoms with van der Waals surface area (Å²) in [4.78, 5) is 25.1. The summed E-state index contributed by atoms with van der Waals surface area (Å²) in [6.45, 7) is 3.34. The third-order valence-corrected chi connectivity index (χ3v) is 5.20. The summed E-state index contributed by atoms with van der Waals surface area (Å²) in [5.41, 5.74) is 1.30. The first-order valence-corrected chi connectivity index (χ1v) is 7.96. The molecule has 0 saturated heterocycles. The molecule has 2 N–H and O–H groups in total. The van der Waals surface area contributed by atoms with Crippen LogP contribution < -0.4 is 5.32 Å². The molecule has 4 nitrogen and oxygen atoms in total. The third-order valence-electron chi connectivity index (χ3n) is 3.97. The number of carboxylic acids is 1. The lowest BCUT2D eigenvalue weighted by molar-refractivity contribution is -0.141. The van der Waals surface area contributed by atoms with Crippen molar-refractivity contribution in [1.82, 2.24) is 5.32 Å². The average Bonchev–Trinajstić information content (AvgIpc) is 2.69. The predicted molar refractivity (Wildman–Crippen MR) is 79.3 cm³/mol. The van der Waals surface area contributed by atoms with Gasteiger partial charge in [0, 0.05) is 10.9 Å². The molecule has 20 heavy (non-hydrogen) atoms. The van der Waals surface area contributed by atoms with Gasteiger partial charge in [-0.1, -0.05) is 6.42 Å². The van der Waals surface area contributed by atoms with Gasteiger partial charge in [-0.3, -0.25) is 9.59 Å². The number of hydrogen-bond donors (Lipinski definition) is 2. The predicted octanol–water partition coefficient (Wildman–Crippen LogP) is 2.86. The second-order valence-corrected chi connectivity index (χ2v) is 6.65. The summed E-state index contributed by atoms with van der Waals surface area (Å²) in [7, 11) is 0. The Kier molecular flexibility index (Phi) is 4.81. The molecular formula is C15H21NO3S. The quantitative estimate of drug-likeness (QED) is 0.839. The minimum Gasteiger partial charge on any atom is -0.481 e. The third kappa shape index (κ3) is 3.39. The zero-order valence-electron chi connectivity index (χ0n) is 11.9. The van der Waals surface area contributed by atoms with Crippen molar-refractivity contribution in [3.05, 3.63) is 21.4 Å². The molecule has 1 amide bonds. The molecule has 2 rings (SSSR count). The lowest BCUT2D eigenvalue weighted by Gasteiger charge is -2.17. The number of amides is 1. The summed E-state index contributed by atoms with van der Waals surface area (Å²) in [5.74, 6) is -1.62. The Balaban J connectivity index is 2.04. The molecule has 0 fully saturated rings. The molecule has 0 bridgehead atoms. The van der Waals surface area contributed by atoms with Gasteiger partial charge in [0.1, 0.15) is 0 Å². The molecule has 2 unspecified atom stereocenters. The number of carboxylic acid groups (broad SMARTS) is 1. The van der Waals surface area contributed by atoms with Crippen LogP contribution in [0.4, 0.5) is 0 Å². The largest absolute Gasteiger partial charge is 0.481 e. The Hall–Kier alpha value is -1.36. The number of aryl methyl sites for hydroxylation is 2. The second-order valence-electron chi connectivity index (χ2n) is 5.51. The standard InChI is InChI=1S/C15H21NO3S/c1-9(15(18)19)10(2)16-14(17)13-8-11-6-4-3-5-7-12(11)20-13/h8-10H,3-7H2,1-2H3,(H,16,17)(H,18,19). The van der Waals surface area contributed by atoms with E-state index in [0.717, 1.165) is 12.8 Å². The minimum atomic E-state index is -0.889. The van der Waals surface area contributed by atoms with Gasteiger partial charge in [0.25, 0.3) is 5.91 Å². The summed E-state index contributed by atoms with van der Waals surface area (Å²) < 4.78 is 0. The lowest BCUT2D eigenvalue weighted by Crippen LogP contribution is -2.39. The molecule has 1 aliphatic rings. The number of fused-ring (bicyclic) bond motifs is 1. The first-order valence-electron chi connectivity index (χ1n) is 7.14. The van der Waals surface area contributed by atoms with E-state index in [1.807, 2.05) is 6.07 Å². The van der Waals surface area contributed by atoms with E-state index in [-0.39, 0.29) is 11.9 Å². The molecule has 0 aromatic carbocycles. The number of hydrogen-bond acceptors (Lipinski definition) is 3. The highest BCUT2D eigenvalue weighted by molar-refractivity contribution is 7.14. The SMILES string of the molecule is CC(NC(=O)c1cc2c(s1)CCCCC2)C(C)C(=O)O. The van der Waals surface area contributed by atoms with Crippen molar-refractivity contribution >= 4 is 23.2 Å². The van der Waals surface area contributed by atoms with E-state index in [9.17, 15) is 9.59 Å². The highest BCUT2D eigenvalue weighted by atomic mass is 32.1. The van der Waals surface area contributed by atoms with Crippen LogP contribution in [0.15, 0.2) is 6.07 Å². The van der Waals surface area contributed by atoms with Crippen molar-refractivity contribution in [1.29, 1.82) is 0 Å². The van der Waals surface area contributed by atoms with Gasteiger partial charge < -0.3 is 10.4 Å². The van der Waals surface area contributed by atoms with E-state index in [4.69, 9.17) is 5.11 Å². The fourth-order valence-electron chi connectivity index (χ4n) is 2.40. The molecule has 5 heteroatoms. The Labute approximate surface area is 123 Å². The number of nitrogens with one attached hydrogen (secondary N) is 1. The van der Waals surface area contributed by atoms with Crippen LogP contribution in [0, 0.1) is 5.92 Å². The maximum absolute atomic E-state index is 12.2. The van der Waals surface area contributed by atoms with Gasteiger partial charge in [0.2, 0.25) is 0 Å². The van der Waals surface area contributed by atoms with Crippen LogP contribution in [0.3, 0.4) is 0 Å². The molecule has 0 radical (unpaired) electrons. The summed E-state index contributed by atoms with van der Waals surface area (Å²) >= 11 is 1.56. The normalized spacial score (nSPS) is 17.7. The van der Waals surface area contributed by atoms with Crippen molar-refractivity contribution in [3.63, 3.8) is 0 Å². The first kappa shape index (κ1) is 15.0. The number of thiophene rings is 1. The highest BCUT2D eigenvalue weighted by Gasteiger charge is 2.23. The second kappa shape index (κ2) is 6.39. The van der Waals surface area contributed by atoms with Crippen LogP contribution in [-0.2, 0) is 17.6 Å². The van der Waals surface area contributed by atoms with E-state index in [2.05, 4.69) is 5.32 Å². The van der Waals surface area contributed by atoms with Gasteiger partial charge in [-0.25, -0.2) is 0 Å². The van der Waals surface area contributed by atoms with Gasteiger partial charge in [-0.05, 0) is 51.2 Å². The topological polar surface area (TPSA) is 66.4 Å². The smallest absolute Gasteiger partial charge is 0.308 e. The Morgan fingerprint density at radius 1 is 1.25 bits per heavy atom. The summed E-state index contributed by atoms with van der Waals surface area (Å²) in [5, 5.41) is 11.7. The number of rotatable bonds is 4. The van der Waals surface area contributed by atoms with Gasteiger partial charge in [-0.2, -0.15) is 0 Å². The van der Waals surface area contributed by atoms with Gasteiger partial charge in [0.15, 0.2) is 0 Å². The van der Waals surface area contributed by atoms with Crippen molar-refractivity contribution in [3.8, 4) is 0 Å². The van der Waals surface area contributed by atoms with Gasteiger partial charge in [0.05, 0.1) is 10.8 Å². The first-order chi connectivity index (χ1) is 9.49. The molecule has 0 saturated carbocycles. The maximum Gasteiger partial charge on any atom is 0.308 e. The van der Waals surface area contributed by atoms with Crippen molar-refractivity contribution in [2.75, 3.05) is 0 Å². The van der Waals surface area contributed by atoms with Crippen LogP contribution in [-0.4, -0.2) is 23.0 Å². The molecule has 2 atom stereocenters. The van der Waals surface area contributed by atoms with E-state index < -0.39 is 11.9 Å². The number of carbonyl (C=O) groups excluding carboxylic acids is 1. The van der Waals surface area contributed by atoms with Crippen molar-refractivity contribution in [2.24, 2.45) is 5.92 Å². The van der Waals surface area contributed by atoms with Crippen LogP contribution in [0.1, 0.15) is 53.2 Å². The van der Waals surface area contributed by atoms with Crippen LogP contribution in [0.25, 0.3) is 0 Å². The fraction of sp³-hybridized carbons (Fsp3) is 0.600. The fourth-order valence-corrected chi connectivity index (χ4v) is 3.55. The van der Waals surface area contributed by atoms with E-state index in [1.54, 1.807) is 25.2 Å². The Morgan fingerprint density at radius 2 is 1.95 bits per heavy atom. The average molecular weight is 295 g/mol. The molecule has 0 spiro atoms. The Bertz CT molecular complexity index is 486. The number of carbonyl (C=O) groups is 2. The van der Waals surface area contributed by atoms with Gasteiger partial charge >= 0.3 is 5.97 Å². The molecule has 1 aromatic heterocycles. The lowest BCUT2D eigenvalue weighted by atomic mass is 10.0. The van der Waals surface area contributed by atoms with Gasteiger partial charge in [-0.15, -0.1) is 11.3 Å². The van der Waals surface area contributed by atoms with Crippen LogP contribution in [0.5, 0.6) is 0 Å². The van der Waals surface area contributed by atoms with Crippen molar-refractivity contribution in [2.45, 2.75) is 52.0 Å². The monoisotopic (exact) mass is 295 g/mol. The molecule has 1 heterocycles. The zero-order valence-corrected chi connectivity index (χ0v) is 12.8. The van der Waals surface area contributed by atoms with E-state index in [0.29, 0.717) is 4.88 Å². The maximum atomic E-state index is 12.2. The molecule has 1 aliphatic carbocycles. The minimum absolute atomic E-state index is 0.149. The van der Waals surface area contributed by atoms with E-state index in [1.165, 1.54) is 29.7 Å². The molecule has 110 valence electrons. The summed E-state index contributed by atoms with van der Waals surface area (Å²) in [6.07, 6.45) is 5.77. The Morgan fingerprint density at radius 3 is 2.65 bits per heavy atom.